The first-order valence-electron chi connectivity index (χ1n) is 8.60. The Bertz CT molecular complexity index is 986. The van der Waals surface area contributed by atoms with Crippen LogP contribution in [0.3, 0.4) is 0 Å². The summed E-state index contributed by atoms with van der Waals surface area (Å²) >= 11 is 0. The average molecular weight is 378 g/mol. The fourth-order valence-electron chi connectivity index (χ4n) is 3.43. The number of amides is 1. The molecule has 1 saturated heterocycles. The first kappa shape index (κ1) is 17.5. The van der Waals surface area contributed by atoms with Crippen molar-refractivity contribution in [2.75, 3.05) is 18.0 Å². The number of fused-ring (bicyclic) bond motifs is 3. The van der Waals surface area contributed by atoms with Crippen LogP contribution in [0.2, 0.25) is 0 Å². The molecule has 1 aliphatic rings. The number of halogens is 3. The van der Waals surface area contributed by atoms with Crippen LogP contribution in [0.4, 0.5) is 18.9 Å². The van der Waals surface area contributed by atoms with E-state index >= 15 is 0 Å². The van der Waals surface area contributed by atoms with Crippen LogP contribution in [0.5, 0.6) is 0 Å². The molecular weight excluding hydrogens is 361 g/mol. The Morgan fingerprint density at radius 1 is 1.33 bits per heavy atom. The number of carbonyl (C=O) groups is 1. The van der Waals surface area contributed by atoms with Crippen molar-refractivity contribution in [1.82, 2.24) is 25.5 Å². The molecule has 27 heavy (non-hydrogen) atoms. The van der Waals surface area contributed by atoms with Crippen LogP contribution >= 0.6 is 0 Å². The van der Waals surface area contributed by atoms with Gasteiger partial charge < -0.3 is 15.2 Å². The van der Waals surface area contributed by atoms with Gasteiger partial charge in [-0.15, -0.1) is 10.2 Å². The lowest BCUT2D eigenvalue weighted by Gasteiger charge is -2.21. The predicted octanol–water partition coefficient (Wildman–Crippen LogP) is 2.54. The van der Waals surface area contributed by atoms with Crippen molar-refractivity contribution in [3.05, 3.63) is 24.5 Å². The number of aromatic nitrogens is 4. The van der Waals surface area contributed by atoms with Crippen molar-refractivity contribution in [2.45, 2.75) is 31.5 Å². The Morgan fingerprint density at radius 3 is 3.00 bits per heavy atom. The van der Waals surface area contributed by atoms with E-state index in [1.54, 1.807) is 12.4 Å². The fourth-order valence-corrected chi connectivity index (χ4v) is 3.43. The van der Waals surface area contributed by atoms with Crippen LogP contribution < -0.4 is 10.2 Å². The van der Waals surface area contributed by atoms with E-state index in [1.165, 1.54) is 0 Å². The summed E-state index contributed by atoms with van der Waals surface area (Å²) in [7, 11) is 0. The number of aromatic amines is 1. The van der Waals surface area contributed by atoms with E-state index in [2.05, 4.69) is 30.4 Å². The van der Waals surface area contributed by atoms with Gasteiger partial charge in [0.1, 0.15) is 0 Å². The minimum Gasteiger partial charge on any atom is -0.369 e. The second kappa shape index (κ2) is 6.67. The maximum Gasteiger partial charge on any atom is 0.389 e. The average Bonchev–Trinajstić information content (AvgIpc) is 3.28. The summed E-state index contributed by atoms with van der Waals surface area (Å²) in [5, 5.41) is 12.7. The molecule has 10 heteroatoms. The smallest absolute Gasteiger partial charge is 0.369 e. The zero-order valence-electron chi connectivity index (χ0n) is 14.3. The van der Waals surface area contributed by atoms with Crippen LogP contribution in [0.15, 0.2) is 24.5 Å². The van der Waals surface area contributed by atoms with Gasteiger partial charge in [0.15, 0.2) is 11.3 Å². The molecule has 0 bridgehead atoms. The van der Waals surface area contributed by atoms with E-state index in [0.29, 0.717) is 30.8 Å². The molecule has 1 atom stereocenters. The standard InChI is InChI=1S/C17H17F3N6O/c18-17(19,20)5-1-13(27)23-10-4-8-26(9-10)12-3-7-22-16-14(12)11-2-6-21-15(11)24-25-16/h2-3,6-7,10H,1,4-5,8-9H2,(H,22,25)(H,23,27). The monoisotopic (exact) mass is 378 g/mol. The Balaban J connectivity index is 1.51. The molecule has 2 N–H and O–H groups in total. The minimum absolute atomic E-state index is 0.187. The number of rotatable bonds is 4. The number of alkyl halides is 3. The first-order chi connectivity index (χ1) is 12.9. The van der Waals surface area contributed by atoms with E-state index in [1.807, 2.05) is 12.1 Å². The lowest BCUT2D eigenvalue weighted by atomic mass is 10.2. The van der Waals surface area contributed by atoms with Crippen molar-refractivity contribution in [2.24, 2.45) is 0 Å². The first-order valence-corrected chi connectivity index (χ1v) is 8.60. The summed E-state index contributed by atoms with van der Waals surface area (Å²) in [6.07, 6.45) is -1.86. The van der Waals surface area contributed by atoms with Gasteiger partial charge in [-0.1, -0.05) is 0 Å². The zero-order valence-corrected chi connectivity index (χ0v) is 14.3. The maximum absolute atomic E-state index is 12.3. The Labute approximate surface area is 152 Å². The topological polar surface area (TPSA) is 86.8 Å². The molecule has 1 unspecified atom stereocenters. The predicted molar refractivity (Wildman–Crippen MR) is 93.2 cm³/mol. The molecule has 4 rings (SSSR count). The van der Waals surface area contributed by atoms with Crippen LogP contribution in [0.1, 0.15) is 19.3 Å². The van der Waals surface area contributed by atoms with Crippen LogP contribution in [0.25, 0.3) is 22.1 Å². The summed E-state index contributed by atoms with van der Waals surface area (Å²) in [6, 6.07) is 3.61. The van der Waals surface area contributed by atoms with Gasteiger partial charge in [0.05, 0.1) is 17.5 Å². The second-order valence-corrected chi connectivity index (χ2v) is 6.58. The normalized spacial score (nSPS) is 17.7. The van der Waals surface area contributed by atoms with Crippen LogP contribution in [0, 0.1) is 0 Å². The van der Waals surface area contributed by atoms with Gasteiger partial charge in [-0.3, -0.25) is 4.79 Å². The van der Waals surface area contributed by atoms with Crippen molar-refractivity contribution >= 4 is 33.7 Å². The third kappa shape index (κ3) is 3.64. The molecule has 7 nitrogen and oxygen atoms in total. The summed E-state index contributed by atoms with van der Waals surface area (Å²) in [5.74, 6) is -0.570. The molecular formula is C17H17F3N6O. The molecule has 0 spiro atoms. The SMILES string of the molecule is O=C(CCC(F)(F)F)NC1CCN(c2cc[nH]c3nnc4nccc4c23)C1. The Morgan fingerprint density at radius 2 is 2.19 bits per heavy atom. The molecule has 0 aromatic carbocycles. The third-order valence-electron chi connectivity index (χ3n) is 4.68. The highest BCUT2D eigenvalue weighted by Gasteiger charge is 2.30. The quantitative estimate of drug-likeness (QED) is 0.729. The van der Waals surface area contributed by atoms with Gasteiger partial charge in [0, 0.05) is 43.3 Å². The Hall–Kier alpha value is -2.91. The Kier molecular flexibility index (Phi) is 4.33. The van der Waals surface area contributed by atoms with Crippen molar-refractivity contribution in [3.8, 4) is 0 Å². The lowest BCUT2D eigenvalue weighted by molar-refractivity contribution is -0.144. The number of anilines is 1. The van der Waals surface area contributed by atoms with Crippen LogP contribution in [-0.2, 0) is 4.79 Å². The maximum atomic E-state index is 12.3. The van der Waals surface area contributed by atoms with Crippen molar-refractivity contribution < 1.29 is 18.0 Å². The molecule has 1 aliphatic heterocycles. The number of hydrogen-bond acceptors (Lipinski definition) is 5. The van der Waals surface area contributed by atoms with E-state index < -0.39 is 24.9 Å². The van der Waals surface area contributed by atoms with Gasteiger partial charge >= 0.3 is 6.18 Å². The second-order valence-electron chi connectivity index (χ2n) is 6.58. The summed E-state index contributed by atoms with van der Waals surface area (Å²) in [5.41, 5.74) is 2.12. The highest BCUT2D eigenvalue weighted by Crippen LogP contribution is 2.32. The highest BCUT2D eigenvalue weighted by atomic mass is 19.4. The molecule has 0 saturated carbocycles. The summed E-state index contributed by atoms with van der Waals surface area (Å²) in [4.78, 5) is 21.1. The molecule has 1 fully saturated rings. The van der Waals surface area contributed by atoms with E-state index in [9.17, 15) is 18.0 Å². The van der Waals surface area contributed by atoms with E-state index in [-0.39, 0.29) is 6.04 Å². The minimum atomic E-state index is -4.32. The lowest BCUT2D eigenvalue weighted by Crippen LogP contribution is -2.37. The zero-order chi connectivity index (χ0) is 19.0. The number of nitrogens with one attached hydrogen (secondary N) is 2. The molecule has 4 heterocycles. The largest absolute Gasteiger partial charge is 0.389 e. The summed E-state index contributed by atoms with van der Waals surface area (Å²) in [6.45, 7) is 1.20. The van der Waals surface area contributed by atoms with Gasteiger partial charge in [0.25, 0.3) is 0 Å². The summed E-state index contributed by atoms with van der Waals surface area (Å²) < 4.78 is 36.8. The molecule has 3 aromatic heterocycles. The van der Waals surface area contributed by atoms with Gasteiger partial charge in [-0.05, 0) is 18.6 Å². The molecule has 142 valence electrons. The van der Waals surface area contributed by atoms with Gasteiger partial charge in [-0.2, -0.15) is 13.2 Å². The molecule has 0 aliphatic carbocycles. The fraction of sp³-hybridized carbons (Fsp3) is 0.412. The van der Waals surface area contributed by atoms with Gasteiger partial charge in [0.2, 0.25) is 5.91 Å². The van der Waals surface area contributed by atoms with Gasteiger partial charge in [-0.25, -0.2) is 4.98 Å². The third-order valence-corrected chi connectivity index (χ3v) is 4.68. The molecule has 3 aromatic rings. The van der Waals surface area contributed by atoms with E-state index in [0.717, 1.165) is 16.5 Å². The van der Waals surface area contributed by atoms with Crippen LogP contribution in [-0.4, -0.2) is 51.4 Å². The molecule has 1 amide bonds. The number of H-pyrrole nitrogens is 1. The number of pyridine rings is 1. The van der Waals surface area contributed by atoms with Crippen molar-refractivity contribution in [3.63, 3.8) is 0 Å². The molecule has 0 radical (unpaired) electrons. The number of carbonyl (C=O) groups excluding carboxylic acids is 1. The van der Waals surface area contributed by atoms with Crippen molar-refractivity contribution in [1.29, 1.82) is 0 Å². The number of hydrogen-bond donors (Lipinski definition) is 2. The van der Waals surface area contributed by atoms with E-state index in [4.69, 9.17) is 0 Å². The highest BCUT2D eigenvalue weighted by molar-refractivity contribution is 6.08. The number of nitrogens with zero attached hydrogens (tertiary/aromatic N) is 4.